The van der Waals surface area contributed by atoms with E-state index in [2.05, 4.69) is 15.3 Å². The minimum Gasteiger partial charge on any atom is -0.441 e. The van der Waals surface area contributed by atoms with Crippen molar-refractivity contribution in [3.63, 3.8) is 0 Å². The molecule has 0 fully saturated rings. The molecule has 4 rings (SSSR count). The third-order valence-corrected chi connectivity index (χ3v) is 5.85. The molecule has 1 amide bonds. The maximum atomic E-state index is 13.9. The Hall–Kier alpha value is -2.94. The number of aryl methyl sites for hydroxylation is 1. The van der Waals surface area contributed by atoms with Gasteiger partial charge in [0, 0.05) is 25.3 Å². The highest BCUT2D eigenvalue weighted by molar-refractivity contribution is 7.17. The summed E-state index contributed by atoms with van der Waals surface area (Å²) in [4.78, 5) is 33.6. The fraction of sp³-hybridized carbons (Fsp3) is 0.333. The third kappa shape index (κ3) is 4.30. The van der Waals surface area contributed by atoms with Crippen LogP contribution < -0.4 is 5.32 Å². The van der Waals surface area contributed by atoms with E-state index >= 15 is 0 Å². The fourth-order valence-corrected chi connectivity index (χ4v) is 4.35. The largest absolute Gasteiger partial charge is 0.441 e. The molecule has 0 aliphatic heterocycles. The Bertz CT molecular complexity index is 1140. The van der Waals surface area contributed by atoms with E-state index < -0.39 is 11.6 Å². The van der Waals surface area contributed by atoms with Crippen molar-refractivity contribution in [1.82, 2.24) is 9.97 Å². The van der Waals surface area contributed by atoms with Crippen LogP contribution in [-0.2, 0) is 17.6 Å². The van der Waals surface area contributed by atoms with E-state index in [1.807, 2.05) is 13.8 Å². The molecule has 1 N–H and O–H groups in total. The number of nitrogens with zero attached hydrogens (tertiary/aromatic N) is 2. The van der Waals surface area contributed by atoms with E-state index in [1.165, 1.54) is 23.6 Å². The van der Waals surface area contributed by atoms with Gasteiger partial charge in [-0.3, -0.25) is 9.59 Å². The van der Waals surface area contributed by atoms with Crippen LogP contribution in [0.3, 0.4) is 0 Å². The molecule has 1 aliphatic rings. The summed E-state index contributed by atoms with van der Waals surface area (Å²) in [6.07, 6.45) is 2.78. The molecule has 0 spiro atoms. The summed E-state index contributed by atoms with van der Waals surface area (Å²) >= 11 is 1.19. The number of halogens is 2. The molecule has 30 heavy (non-hydrogen) atoms. The van der Waals surface area contributed by atoms with Crippen molar-refractivity contribution < 1.29 is 22.8 Å². The Kier molecular flexibility index (Phi) is 5.23. The first-order valence-electron chi connectivity index (χ1n) is 9.43. The number of benzene rings is 1. The van der Waals surface area contributed by atoms with Gasteiger partial charge in [0.25, 0.3) is 0 Å². The Morgan fingerprint density at radius 1 is 1.30 bits per heavy atom. The Balaban J connectivity index is 1.37. The van der Waals surface area contributed by atoms with Crippen LogP contribution >= 0.6 is 11.3 Å². The lowest BCUT2D eigenvalue weighted by Gasteiger charge is -2.26. The highest BCUT2D eigenvalue weighted by atomic mass is 32.1. The number of Topliss-reactive ketones (excluding diaryl/α,β-unsaturated/α-hetero) is 1. The summed E-state index contributed by atoms with van der Waals surface area (Å²) in [5.74, 6) is -1.24. The van der Waals surface area contributed by atoms with Crippen LogP contribution in [0.1, 0.15) is 47.9 Å². The molecule has 2 heterocycles. The topological polar surface area (TPSA) is 85.1 Å². The number of aromatic nitrogens is 2. The van der Waals surface area contributed by atoms with Crippen molar-refractivity contribution >= 4 is 28.2 Å². The van der Waals surface area contributed by atoms with Crippen LogP contribution in [0.25, 0.3) is 11.3 Å². The van der Waals surface area contributed by atoms with Crippen LogP contribution in [0, 0.1) is 17.0 Å². The molecular formula is C21H19F2N3O3S. The number of ketones is 1. The number of carbonyl (C=O) groups is 2. The maximum Gasteiger partial charge on any atom is 0.226 e. The molecule has 0 bridgehead atoms. The second-order valence-corrected chi connectivity index (χ2v) is 9.03. The zero-order valence-electron chi connectivity index (χ0n) is 16.4. The molecule has 156 valence electrons. The van der Waals surface area contributed by atoms with Crippen LogP contribution in [0.5, 0.6) is 0 Å². The zero-order chi connectivity index (χ0) is 21.5. The lowest BCUT2D eigenvalue weighted by atomic mass is 9.78. The average Bonchev–Trinajstić information content (AvgIpc) is 3.26. The smallest absolute Gasteiger partial charge is 0.226 e. The minimum absolute atomic E-state index is 0.0552. The Morgan fingerprint density at radius 2 is 2.10 bits per heavy atom. The van der Waals surface area contributed by atoms with Crippen LogP contribution in [0.2, 0.25) is 0 Å². The fourth-order valence-electron chi connectivity index (χ4n) is 3.42. The number of hydrogen-bond donors (Lipinski definition) is 1. The minimum atomic E-state index is -0.749. The quantitative estimate of drug-likeness (QED) is 0.627. The highest BCUT2D eigenvalue weighted by Gasteiger charge is 2.34. The van der Waals surface area contributed by atoms with Crippen molar-refractivity contribution in [2.24, 2.45) is 5.41 Å². The predicted molar refractivity (Wildman–Crippen MR) is 107 cm³/mol. The summed E-state index contributed by atoms with van der Waals surface area (Å²) < 4.78 is 32.4. The number of rotatable bonds is 5. The van der Waals surface area contributed by atoms with Gasteiger partial charge in [0.1, 0.15) is 11.6 Å². The number of anilines is 1. The molecule has 0 atom stereocenters. The van der Waals surface area contributed by atoms with Gasteiger partial charge in [-0.15, -0.1) is 0 Å². The summed E-state index contributed by atoms with van der Waals surface area (Å²) in [5.41, 5.74) is 0.697. The van der Waals surface area contributed by atoms with Gasteiger partial charge in [-0.2, -0.15) is 0 Å². The first-order chi connectivity index (χ1) is 14.2. The molecule has 3 aromatic rings. The van der Waals surface area contributed by atoms with Crippen LogP contribution in [0.15, 0.2) is 28.8 Å². The van der Waals surface area contributed by atoms with Gasteiger partial charge in [-0.1, -0.05) is 25.2 Å². The van der Waals surface area contributed by atoms with Crippen molar-refractivity contribution in [2.75, 3.05) is 5.32 Å². The van der Waals surface area contributed by atoms with Crippen molar-refractivity contribution in [2.45, 2.75) is 39.5 Å². The average molecular weight is 431 g/mol. The van der Waals surface area contributed by atoms with Crippen LogP contribution in [0.4, 0.5) is 13.9 Å². The summed E-state index contributed by atoms with van der Waals surface area (Å²) in [5, 5.41) is 3.12. The first-order valence-corrected chi connectivity index (χ1v) is 10.2. The Morgan fingerprint density at radius 3 is 2.87 bits per heavy atom. The molecule has 9 heteroatoms. The SMILES string of the molecule is CC1(C)CC(=O)c2sc(NC(=O)CCc3ncc(-c4ccc(F)cc4F)o3)nc2C1. The van der Waals surface area contributed by atoms with Gasteiger partial charge in [0.05, 0.1) is 22.3 Å². The normalized spacial score (nSPS) is 15.1. The highest BCUT2D eigenvalue weighted by Crippen LogP contribution is 2.38. The van der Waals surface area contributed by atoms with E-state index in [1.54, 1.807) is 0 Å². The van der Waals surface area contributed by atoms with E-state index in [-0.39, 0.29) is 47.2 Å². The monoisotopic (exact) mass is 431 g/mol. The van der Waals surface area contributed by atoms with Gasteiger partial charge in [-0.05, 0) is 24.0 Å². The molecular weight excluding hydrogens is 412 g/mol. The van der Waals surface area contributed by atoms with Crippen LogP contribution in [-0.4, -0.2) is 21.7 Å². The summed E-state index contributed by atoms with van der Waals surface area (Å²) in [6, 6.07) is 3.17. The van der Waals surface area contributed by atoms with E-state index in [0.29, 0.717) is 22.9 Å². The number of nitrogens with one attached hydrogen (secondary N) is 1. The standard InChI is InChI=1S/C21H19F2N3O3S/c1-21(2)8-14-19(15(27)9-21)30-20(25-14)26-17(28)5-6-18-24-10-16(29-18)12-4-3-11(22)7-13(12)23/h3-4,7,10H,5-6,8-9H2,1-2H3,(H,25,26,28). The number of thiazole rings is 1. The van der Waals surface area contributed by atoms with Crippen molar-refractivity contribution in [3.05, 3.63) is 52.5 Å². The first kappa shape index (κ1) is 20.3. The van der Waals surface area contributed by atoms with E-state index in [4.69, 9.17) is 4.42 Å². The molecule has 1 aliphatic carbocycles. The van der Waals surface area contributed by atoms with Gasteiger partial charge < -0.3 is 9.73 Å². The molecule has 0 saturated carbocycles. The number of carbonyl (C=O) groups excluding carboxylic acids is 2. The number of oxazole rings is 1. The van der Waals surface area contributed by atoms with E-state index in [0.717, 1.165) is 17.8 Å². The second-order valence-electron chi connectivity index (χ2n) is 8.03. The Labute approximate surface area is 175 Å². The van der Waals surface area contributed by atoms with Crippen molar-refractivity contribution in [1.29, 1.82) is 0 Å². The van der Waals surface area contributed by atoms with Crippen molar-refractivity contribution in [3.8, 4) is 11.3 Å². The third-order valence-electron chi connectivity index (χ3n) is 4.80. The zero-order valence-corrected chi connectivity index (χ0v) is 17.2. The molecule has 1 aromatic carbocycles. The predicted octanol–water partition coefficient (Wildman–Crippen LogP) is 4.80. The molecule has 0 unspecified atom stereocenters. The second kappa shape index (κ2) is 7.71. The molecule has 6 nitrogen and oxygen atoms in total. The van der Waals surface area contributed by atoms with Gasteiger partial charge in [0.2, 0.25) is 5.91 Å². The molecule has 0 saturated heterocycles. The van der Waals surface area contributed by atoms with E-state index in [9.17, 15) is 18.4 Å². The maximum absolute atomic E-state index is 13.9. The van der Waals surface area contributed by atoms with Gasteiger partial charge >= 0.3 is 0 Å². The summed E-state index contributed by atoms with van der Waals surface area (Å²) in [6.45, 7) is 4.04. The van der Waals surface area contributed by atoms with Gasteiger partial charge in [-0.25, -0.2) is 18.7 Å². The molecule has 0 radical (unpaired) electrons. The summed E-state index contributed by atoms with van der Waals surface area (Å²) in [7, 11) is 0. The van der Waals surface area contributed by atoms with Gasteiger partial charge in [0.15, 0.2) is 22.6 Å². The number of amides is 1. The number of hydrogen-bond acceptors (Lipinski definition) is 6. The lowest BCUT2D eigenvalue weighted by molar-refractivity contribution is -0.116. The molecule has 2 aromatic heterocycles. The lowest BCUT2D eigenvalue weighted by Crippen LogP contribution is -2.26. The number of fused-ring (bicyclic) bond motifs is 1.